The molecule has 1 aromatic heterocycles. The average Bonchev–Trinajstić information content (AvgIpc) is 3.45. The van der Waals surface area contributed by atoms with Gasteiger partial charge in [0.15, 0.2) is 5.82 Å². The van der Waals surface area contributed by atoms with Crippen LogP contribution in [0.3, 0.4) is 0 Å². The highest BCUT2D eigenvalue weighted by Gasteiger charge is 2.27. The predicted molar refractivity (Wildman–Crippen MR) is 103 cm³/mol. The number of hydrogen-bond acceptors (Lipinski definition) is 7. The van der Waals surface area contributed by atoms with E-state index in [2.05, 4.69) is 26.7 Å². The van der Waals surface area contributed by atoms with E-state index in [4.69, 9.17) is 28.0 Å². The van der Waals surface area contributed by atoms with Crippen LogP contribution in [0.1, 0.15) is 24.8 Å². The third-order valence-electron chi connectivity index (χ3n) is 4.07. The molecule has 7 nitrogen and oxygen atoms in total. The Morgan fingerprint density at radius 2 is 2.12 bits per heavy atom. The van der Waals surface area contributed by atoms with Crippen LogP contribution in [0, 0.1) is 22.7 Å². The lowest BCUT2D eigenvalue weighted by Crippen LogP contribution is -2.33. The van der Waals surface area contributed by atoms with E-state index < -0.39 is 6.17 Å². The van der Waals surface area contributed by atoms with Crippen LogP contribution >= 0.6 is 11.6 Å². The van der Waals surface area contributed by atoms with Gasteiger partial charge in [0.2, 0.25) is 5.95 Å². The van der Waals surface area contributed by atoms with Gasteiger partial charge in [-0.3, -0.25) is 0 Å². The lowest BCUT2D eigenvalue weighted by molar-refractivity contribution is 0.772. The van der Waals surface area contributed by atoms with Crippen molar-refractivity contribution < 1.29 is 0 Å². The first-order chi connectivity index (χ1) is 12.5. The third-order valence-corrected chi connectivity index (χ3v) is 4.35. The number of nitrogens with one attached hydrogen (secondary N) is 3. The molecule has 2 aromatic rings. The Labute approximate surface area is 157 Å². The van der Waals surface area contributed by atoms with Crippen molar-refractivity contribution in [3.63, 3.8) is 0 Å². The molecule has 26 heavy (non-hydrogen) atoms. The Kier molecular flexibility index (Phi) is 5.66. The summed E-state index contributed by atoms with van der Waals surface area (Å²) in [6.07, 6.45) is 4.09. The van der Waals surface area contributed by atoms with Crippen molar-refractivity contribution in [2.45, 2.75) is 31.8 Å². The number of aromatic nitrogens is 2. The van der Waals surface area contributed by atoms with Crippen LogP contribution in [-0.4, -0.2) is 21.8 Å². The van der Waals surface area contributed by atoms with Gasteiger partial charge in [0, 0.05) is 17.8 Å². The summed E-state index contributed by atoms with van der Waals surface area (Å²) in [5, 5.41) is 23.2. The first kappa shape index (κ1) is 18.1. The fourth-order valence-corrected chi connectivity index (χ4v) is 2.66. The average molecular weight is 370 g/mol. The minimum Gasteiger partial charge on any atom is -0.353 e. The first-order valence-electron chi connectivity index (χ1n) is 8.40. The second-order valence-corrected chi connectivity index (χ2v) is 6.71. The molecule has 1 aliphatic rings. The van der Waals surface area contributed by atoms with Gasteiger partial charge in [-0.15, -0.1) is 0 Å². The number of benzene rings is 1. The van der Waals surface area contributed by atoms with Gasteiger partial charge in [0.05, 0.1) is 24.9 Å². The summed E-state index contributed by atoms with van der Waals surface area (Å²) in [4.78, 5) is 8.54. The Hall–Kier alpha value is -2.69. The van der Waals surface area contributed by atoms with Gasteiger partial charge in [0.1, 0.15) is 5.02 Å². The molecule has 0 amide bonds. The third kappa shape index (κ3) is 4.91. The van der Waals surface area contributed by atoms with Crippen LogP contribution in [0.25, 0.3) is 0 Å². The number of hydrogen-bond donors (Lipinski definition) is 4. The monoisotopic (exact) mass is 369 g/mol. The molecular formula is C18H20ClN7. The number of nitrogens with two attached hydrogens (primary N) is 1. The van der Waals surface area contributed by atoms with E-state index in [1.165, 1.54) is 6.20 Å². The van der Waals surface area contributed by atoms with E-state index in [0.29, 0.717) is 41.3 Å². The zero-order valence-corrected chi connectivity index (χ0v) is 14.9. The topological polar surface area (TPSA) is 124 Å². The maximum atomic E-state index is 8.71. The molecule has 1 aromatic carbocycles. The van der Waals surface area contributed by atoms with E-state index >= 15 is 0 Å². The highest BCUT2D eigenvalue weighted by atomic mass is 35.5. The molecule has 1 unspecified atom stereocenters. The molecule has 0 radical (unpaired) electrons. The quantitative estimate of drug-likeness (QED) is 0.417. The molecule has 0 bridgehead atoms. The Morgan fingerprint density at radius 3 is 2.77 bits per heavy atom. The van der Waals surface area contributed by atoms with Gasteiger partial charge in [-0.25, -0.2) is 4.98 Å². The van der Waals surface area contributed by atoms with Crippen LogP contribution in [-0.2, 0) is 6.42 Å². The van der Waals surface area contributed by atoms with Crippen LogP contribution in [0.15, 0.2) is 30.5 Å². The van der Waals surface area contributed by atoms with Crippen molar-refractivity contribution >= 4 is 34.8 Å². The molecule has 1 saturated carbocycles. The molecule has 5 N–H and O–H groups in total. The van der Waals surface area contributed by atoms with Gasteiger partial charge >= 0.3 is 0 Å². The molecule has 0 spiro atoms. The van der Waals surface area contributed by atoms with Crippen molar-refractivity contribution in [1.29, 1.82) is 10.7 Å². The van der Waals surface area contributed by atoms with Gasteiger partial charge in [0.25, 0.3) is 0 Å². The van der Waals surface area contributed by atoms with Crippen molar-refractivity contribution in [2.24, 2.45) is 11.7 Å². The smallest absolute Gasteiger partial charge is 0.229 e. The van der Waals surface area contributed by atoms with Crippen molar-refractivity contribution in [2.75, 3.05) is 10.6 Å². The van der Waals surface area contributed by atoms with Gasteiger partial charge in [-0.1, -0.05) is 23.7 Å². The zero-order valence-electron chi connectivity index (χ0n) is 14.2. The molecule has 1 aliphatic carbocycles. The SMILES string of the molecule is N#CCc1ccc(Nc2ncc(Cl)c(NC(N)CC(=N)C3CC3)n2)cc1. The predicted octanol–water partition coefficient (Wildman–Crippen LogP) is 3.46. The number of nitrogens with zero attached hydrogens (tertiary/aromatic N) is 3. The second kappa shape index (κ2) is 8.13. The Morgan fingerprint density at radius 1 is 1.38 bits per heavy atom. The van der Waals surface area contributed by atoms with Crippen LogP contribution < -0.4 is 16.4 Å². The molecule has 1 fully saturated rings. The van der Waals surface area contributed by atoms with E-state index in [-0.39, 0.29) is 0 Å². The molecule has 8 heteroatoms. The molecular weight excluding hydrogens is 350 g/mol. The minimum atomic E-state index is -0.423. The highest BCUT2D eigenvalue weighted by molar-refractivity contribution is 6.32. The second-order valence-electron chi connectivity index (χ2n) is 6.30. The van der Waals surface area contributed by atoms with Gasteiger partial charge in [-0.05, 0) is 36.5 Å². The van der Waals surface area contributed by atoms with Crippen molar-refractivity contribution in [3.05, 3.63) is 41.0 Å². The normalized spacial score (nSPS) is 14.3. The molecule has 1 heterocycles. The summed E-state index contributed by atoms with van der Waals surface area (Å²) in [7, 11) is 0. The van der Waals surface area contributed by atoms with Crippen LogP contribution in [0.5, 0.6) is 0 Å². The fraction of sp³-hybridized carbons (Fsp3) is 0.333. The fourth-order valence-electron chi connectivity index (χ4n) is 2.52. The minimum absolute atomic E-state index is 0.369. The summed E-state index contributed by atoms with van der Waals surface area (Å²) in [5.74, 6) is 1.21. The van der Waals surface area contributed by atoms with Gasteiger partial charge in [-0.2, -0.15) is 10.2 Å². The number of rotatable bonds is 8. The summed E-state index contributed by atoms with van der Waals surface area (Å²) in [6, 6.07) is 9.59. The van der Waals surface area contributed by atoms with E-state index in [1.807, 2.05) is 24.3 Å². The summed E-state index contributed by atoms with van der Waals surface area (Å²) in [5.41, 5.74) is 8.49. The lowest BCUT2D eigenvalue weighted by atomic mass is 10.1. The van der Waals surface area contributed by atoms with Crippen molar-refractivity contribution in [1.82, 2.24) is 9.97 Å². The highest BCUT2D eigenvalue weighted by Crippen LogP contribution is 2.31. The van der Waals surface area contributed by atoms with Gasteiger partial charge < -0.3 is 21.8 Å². The van der Waals surface area contributed by atoms with Crippen LogP contribution in [0.4, 0.5) is 17.5 Å². The van der Waals surface area contributed by atoms with E-state index in [1.54, 1.807) is 0 Å². The Bertz CT molecular complexity index is 824. The lowest BCUT2D eigenvalue weighted by Gasteiger charge is -2.16. The molecule has 1 atom stereocenters. The molecule has 3 rings (SSSR count). The summed E-state index contributed by atoms with van der Waals surface area (Å²) < 4.78 is 0. The standard InChI is InChI=1S/C18H20ClN7/c19-14-10-23-18(24-13-5-1-11(2-6-13)7-8-20)26-17(14)25-16(22)9-15(21)12-3-4-12/h1-2,5-6,10,12,16,21H,3-4,7,9,22H2,(H2,23,24,25,26). The van der Waals surface area contributed by atoms with Crippen LogP contribution in [0.2, 0.25) is 5.02 Å². The number of halogens is 1. The molecule has 0 saturated heterocycles. The first-order valence-corrected chi connectivity index (χ1v) is 8.78. The zero-order chi connectivity index (χ0) is 18.5. The number of anilines is 3. The molecule has 134 valence electrons. The largest absolute Gasteiger partial charge is 0.353 e. The maximum absolute atomic E-state index is 8.71. The summed E-state index contributed by atoms with van der Waals surface area (Å²) >= 11 is 6.16. The molecule has 0 aliphatic heterocycles. The number of nitriles is 1. The van der Waals surface area contributed by atoms with Crippen molar-refractivity contribution in [3.8, 4) is 6.07 Å². The summed E-state index contributed by atoms with van der Waals surface area (Å²) in [6.45, 7) is 0. The Balaban J connectivity index is 1.64. The van der Waals surface area contributed by atoms with E-state index in [9.17, 15) is 0 Å². The maximum Gasteiger partial charge on any atom is 0.229 e. The van der Waals surface area contributed by atoms with E-state index in [0.717, 1.165) is 24.1 Å².